The van der Waals surface area contributed by atoms with Crippen LogP contribution in [-0.4, -0.2) is 14.5 Å². The van der Waals surface area contributed by atoms with Crippen molar-refractivity contribution in [3.8, 4) is 5.69 Å². The molecule has 0 spiro atoms. The molecule has 1 unspecified atom stereocenters. The number of aromatic nitrogens is 3. The number of nitrogens with zero attached hydrogens (tertiary/aromatic N) is 3. The summed E-state index contributed by atoms with van der Waals surface area (Å²) in [6.07, 6.45) is 0. The molecule has 0 aliphatic carbocycles. The Morgan fingerprint density at radius 2 is 1.90 bits per heavy atom. The van der Waals surface area contributed by atoms with E-state index in [1.54, 1.807) is 0 Å². The summed E-state index contributed by atoms with van der Waals surface area (Å²) in [5, 5.41) is -0.217. The maximum absolute atomic E-state index is 6.32. The molecule has 0 aliphatic rings. The van der Waals surface area contributed by atoms with Gasteiger partial charge in [-0.2, -0.15) is 0 Å². The summed E-state index contributed by atoms with van der Waals surface area (Å²) in [5.74, 6) is 0.781. The molecule has 6 heteroatoms. The highest BCUT2D eigenvalue weighted by molar-refractivity contribution is 9.11. The summed E-state index contributed by atoms with van der Waals surface area (Å²) in [6.45, 7) is 3.88. The zero-order valence-electron chi connectivity index (χ0n) is 11.4. The van der Waals surface area contributed by atoms with E-state index in [2.05, 4.69) is 41.8 Å². The molecule has 1 aromatic carbocycles. The average molecular weight is 430 g/mol. The van der Waals surface area contributed by atoms with E-state index in [4.69, 9.17) is 11.6 Å². The van der Waals surface area contributed by atoms with Crippen molar-refractivity contribution in [3.05, 3.63) is 50.8 Å². The molecule has 0 saturated carbocycles. The first kappa shape index (κ1) is 15.0. The van der Waals surface area contributed by atoms with Crippen LogP contribution in [0, 0.1) is 6.92 Å². The molecule has 0 radical (unpaired) electrons. The van der Waals surface area contributed by atoms with Crippen molar-refractivity contribution in [2.24, 2.45) is 0 Å². The molecule has 0 N–H and O–H groups in total. The second-order valence-corrected chi connectivity index (χ2v) is 7.24. The summed E-state index contributed by atoms with van der Waals surface area (Å²) < 4.78 is 3.96. The molecule has 0 bridgehead atoms. The van der Waals surface area contributed by atoms with Gasteiger partial charge in [-0.25, -0.2) is 9.97 Å². The first-order valence-electron chi connectivity index (χ1n) is 6.43. The van der Waals surface area contributed by atoms with Gasteiger partial charge in [-0.3, -0.25) is 4.57 Å². The van der Waals surface area contributed by atoms with Gasteiger partial charge in [0.25, 0.3) is 0 Å². The summed E-state index contributed by atoms with van der Waals surface area (Å²) in [4.78, 5) is 9.26. The van der Waals surface area contributed by atoms with Crippen LogP contribution in [0.25, 0.3) is 16.9 Å². The van der Waals surface area contributed by atoms with Crippen LogP contribution < -0.4 is 0 Å². The van der Waals surface area contributed by atoms with E-state index >= 15 is 0 Å². The minimum Gasteiger partial charge on any atom is -0.278 e. The van der Waals surface area contributed by atoms with E-state index in [0.717, 1.165) is 37.3 Å². The van der Waals surface area contributed by atoms with Gasteiger partial charge >= 0.3 is 0 Å². The van der Waals surface area contributed by atoms with Gasteiger partial charge in [0.1, 0.15) is 11.3 Å². The predicted molar refractivity (Wildman–Crippen MR) is 93.3 cm³/mol. The molecule has 3 aromatic rings. The molecule has 21 heavy (non-hydrogen) atoms. The first-order valence-corrected chi connectivity index (χ1v) is 8.45. The molecule has 2 aromatic heterocycles. The zero-order valence-corrected chi connectivity index (χ0v) is 15.4. The maximum atomic E-state index is 6.32. The van der Waals surface area contributed by atoms with Crippen molar-refractivity contribution in [2.75, 3.05) is 0 Å². The minimum atomic E-state index is -0.217. The van der Waals surface area contributed by atoms with Crippen LogP contribution in [0.4, 0.5) is 0 Å². The summed E-state index contributed by atoms with van der Waals surface area (Å²) in [5.41, 5.74) is 3.57. The van der Waals surface area contributed by atoms with Gasteiger partial charge in [0.05, 0.1) is 11.1 Å². The van der Waals surface area contributed by atoms with E-state index < -0.39 is 0 Å². The van der Waals surface area contributed by atoms with Gasteiger partial charge < -0.3 is 0 Å². The Bertz CT molecular complexity index is 827. The lowest BCUT2D eigenvalue weighted by atomic mass is 10.3. The van der Waals surface area contributed by atoms with Gasteiger partial charge in [0.2, 0.25) is 0 Å². The Labute approximate surface area is 144 Å². The largest absolute Gasteiger partial charge is 0.278 e. The van der Waals surface area contributed by atoms with Crippen molar-refractivity contribution in [1.29, 1.82) is 0 Å². The summed E-state index contributed by atoms with van der Waals surface area (Å²) >= 11 is 13.4. The third kappa shape index (κ3) is 2.74. The fraction of sp³-hybridized carbons (Fsp3) is 0.200. The first-order chi connectivity index (χ1) is 9.97. The van der Waals surface area contributed by atoms with Crippen LogP contribution >= 0.6 is 43.5 Å². The number of halogens is 3. The number of hydrogen-bond donors (Lipinski definition) is 0. The lowest BCUT2D eigenvalue weighted by Gasteiger charge is -2.12. The van der Waals surface area contributed by atoms with Crippen molar-refractivity contribution in [3.63, 3.8) is 0 Å². The fourth-order valence-corrected chi connectivity index (χ4v) is 3.15. The average Bonchev–Trinajstić information content (AvgIpc) is 2.80. The smallest absolute Gasteiger partial charge is 0.165 e. The Kier molecular flexibility index (Phi) is 4.08. The third-order valence-corrected chi connectivity index (χ3v) is 4.53. The van der Waals surface area contributed by atoms with Crippen molar-refractivity contribution >= 4 is 54.6 Å². The van der Waals surface area contributed by atoms with Gasteiger partial charge in [-0.1, -0.05) is 15.9 Å². The van der Waals surface area contributed by atoms with Crippen LogP contribution in [0.15, 0.2) is 39.3 Å². The number of benzene rings is 1. The van der Waals surface area contributed by atoms with Gasteiger partial charge in [0.15, 0.2) is 5.65 Å². The highest BCUT2D eigenvalue weighted by atomic mass is 79.9. The van der Waals surface area contributed by atoms with Crippen LogP contribution in [0.3, 0.4) is 0 Å². The number of imidazole rings is 1. The zero-order chi connectivity index (χ0) is 15.1. The number of fused-ring (bicyclic) bond motifs is 1. The van der Waals surface area contributed by atoms with Gasteiger partial charge in [0, 0.05) is 14.6 Å². The molecule has 0 saturated heterocycles. The van der Waals surface area contributed by atoms with E-state index in [1.165, 1.54) is 0 Å². The van der Waals surface area contributed by atoms with E-state index in [-0.39, 0.29) is 5.38 Å². The Balaban J connectivity index is 2.41. The number of rotatable bonds is 2. The highest BCUT2D eigenvalue weighted by Crippen LogP contribution is 2.32. The third-order valence-electron chi connectivity index (χ3n) is 3.17. The standard InChI is InChI=1S/C15H12Br2ClN3/c1-8-3-6-12-15(19-8)21(14(20-12)9(2)18)13-7-10(16)4-5-11(13)17/h3-7,9H,1-2H3. The van der Waals surface area contributed by atoms with Crippen LogP contribution in [0.1, 0.15) is 23.8 Å². The number of aryl methyl sites for hydroxylation is 1. The number of pyridine rings is 1. The van der Waals surface area contributed by atoms with E-state index in [0.29, 0.717) is 0 Å². The number of hydrogen-bond acceptors (Lipinski definition) is 2. The molecule has 2 heterocycles. The molecule has 0 amide bonds. The lowest BCUT2D eigenvalue weighted by molar-refractivity contribution is 0.873. The Morgan fingerprint density at radius 3 is 2.62 bits per heavy atom. The monoisotopic (exact) mass is 427 g/mol. The molecular weight excluding hydrogens is 417 g/mol. The Hall–Kier alpha value is -0.910. The molecular formula is C15H12Br2ClN3. The molecule has 108 valence electrons. The summed E-state index contributed by atoms with van der Waals surface area (Å²) in [6, 6.07) is 9.93. The number of alkyl halides is 1. The molecule has 0 fully saturated rings. The second kappa shape index (κ2) is 5.71. The van der Waals surface area contributed by atoms with Crippen LogP contribution in [0.2, 0.25) is 0 Å². The quantitative estimate of drug-likeness (QED) is 0.500. The normalized spacial score (nSPS) is 12.8. The van der Waals surface area contributed by atoms with Crippen molar-refractivity contribution < 1.29 is 0 Å². The van der Waals surface area contributed by atoms with Crippen LogP contribution in [0.5, 0.6) is 0 Å². The van der Waals surface area contributed by atoms with Crippen molar-refractivity contribution in [1.82, 2.24) is 14.5 Å². The lowest BCUT2D eigenvalue weighted by Crippen LogP contribution is -2.04. The van der Waals surface area contributed by atoms with Gasteiger partial charge in [-0.15, -0.1) is 11.6 Å². The maximum Gasteiger partial charge on any atom is 0.165 e. The fourth-order valence-electron chi connectivity index (χ4n) is 2.23. The molecule has 3 rings (SSSR count). The summed E-state index contributed by atoms with van der Waals surface area (Å²) in [7, 11) is 0. The second-order valence-electron chi connectivity index (χ2n) is 4.81. The molecule has 0 aliphatic heterocycles. The van der Waals surface area contributed by atoms with E-state index in [1.807, 2.05) is 48.7 Å². The molecule has 1 atom stereocenters. The highest BCUT2D eigenvalue weighted by Gasteiger charge is 2.19. The van der Waals surface area contributed by atoms with E-state index in [9.17, 15) is 0 Å². The van der Waals surface area contributed by atoms with Gasteiger partial charge in [-0.05, 0) is 60.1 Å². The minimum absolute atomic E-state index is 0.217. The predicted octanol–water partition coefficient (Wildman–Crippen LogP) is 5.55. The molecule has 3 nitrogen and oxygen atoms in total. The SMILES string of the molecule is Cc1ccc2nc(C(C)Cl)n(-c3cc(Br)ccc3Br)c2n1. The topological polar surface area (TPSA) is 30.7 Å². The van der Waals surface area contributed by atoms with Crippen LogP contribution in [-0.2, 0) is 0 Å². The Morgan fingerprint density at radius 1 is 1.14 bits per heavy atom. The van der Waals surface area contributed by atoms with Crippen molar-refractivity contribution in [2.45, 2.75) is 19.2 Å².